The van der Waals surface area contributed by atoms with E-state index >= 15 is 0 Å². The van der Waals surface area contributed by atoms with Crippen molar-refractivity contribution in [3.8, 4) is 0 Å². The number of aliphatic hydroxyl groups excluding tert-OH is 1. The highest BCUT2D eigenvalue weighted by atomic mass is 16.3. The Kier molecular flexibility index (Phi) is 4.45. The van der Waals surface area contributed by atoms with Crippen molar-refractivity contribution in [1.82, 2.24) is 4.90 Å². The number of nitrogens with zero attached hydrogens (tertiary/aromatic N) is 1. The molecule has 1 aliphatic rings. The van der Waals surface area contributed by atoms with Crippen LogP contribution in [0.25, 0.3) is 0 Å². The second-order valence-electron chi connectivity index (χ2n) is 5.63. The smallest absolute Gasteiger partial charge is 0.224 e. The second kappa shape index (κ2) is 5.94. The zero-order chi connectivity index (χ0) is 14.8. The maximum atomic E-state index is 11.8. The Bertz CT molecular complexity index is 490. The highest BCUT2D eigenvalue weighted by molar-refractivity contribution is 5.76. The Morgan fingerprint density at radius 3 is 2.55 bits per heavy atom. The van der Waals surface area contributed by atoms with Crippen molar-refractivity contribution >= 4 is 5.91 Å². The van der Waals surface area contributed by atoms with E-state index in [1.165, 1.54) is 5.56 Å². The Morgan fingerprint density at radius 2 is 1.95 bits per heavy atom. The van der Waals surface area contributed by atoms with Crippen molar-refractivity contribution in [2.75, 3.05) is 19.7 Å². The first-order valence-corrected chi connectivity index (χ1v) is 7.15. The number of hydrogen-bond donors (Lipinski definition) is 2. The van der Waals surface area contributed by atoms with Gasteiger partial charge < -0.3 is 15.1 Å². The Morgan fingerprint density at radius 1 is 1.30 bits per heavy atom. The van der Waals surface area contributed by atoms with Gasteiger partial charge in [-0.3, -0.25) is 4.79 Å². The largest absolute Gasteiger partial charge is 0.396 e. The summed E-state index contributed by atoms with van der Waals surface area (Å²) in [5.41, 5.74) is 2.44. The molecule has 1 fully saturated rings. The lowest BCUT2D eigenvalue weighted by Crippen LogP contribution is -2.45. The molecule has 110 valence electrons. The molecule has 1 aromatic carbocycles. The summed E-state index contributed by atoms with van der Waals surface area (Å²) < 4.78 is 0. The van der Waals surface area contributed by atoms with Crippen molar-refractivity contribution in [3.63, 3.8) is 0 Å². The monoisotopic (exact) mass is 277 g/mol. The zero-order valence-corrected chi connectivity index (χ0v) is 12.2. The third-order valence-corrected chi connectivity index (χ3v) is 4.37. The highest BCUT2D eigenvalue weighted by Gasteiger charge is 2.36. The summed E-state index contributed by atoms with van der Waals surface area (Å²) in [6.45, 7) is 5.05. The van der Waals surface area contributed by atoms with E-state index in [0.29, 0.717) is 25.9 Å². The third kappa shape index (κ3) is 2.86. The molecule has 0 atom stereocenters. The van der Waals surface area contributed by atoms with Gasteiger partial charge >= 0.3 is 0 Å². The van der Waals surface area contributed by atoms with Crippen LogP contribution in [0.2, 0.25) is 0 Å². The highest BCUT2D eigenvalue weighted by Crippen LogP contribution is 2.35. The molecule has 1 amide bonds. The number of amides is 1. The van der Waals surface area contributed by atoms with Crippen molar-refractivity contribution in [2.45, 2.75) is 38.7 Å². The molecule has 1 aliphatic heterocycles. The summed E-state index contributed by atoms with van der Waals surface area (Å²) in [6.07, 6.45) is 1.27. The number of piperidine rings is 1. The Labute approximate surface area is 120 Å². The van der Waals surface area contributed by atoms with E-state index in [2.05, 4.69) is 0 Å². The van der Waals surface area contributed by atoms with Crippen LogP contribution in [0.15, 0.2) is 18.2 Å². The molecule has 20 heavy (non-hydrogen) atoms. The molecule has 0 aliphatic carbocycles. The first-order chi connectivity index (χ1) is 9.48. The molecule has 1 aromatic rings. The van der Waals surface area contributed by atoms with Crippen LogP contribution in [0.3, 0.4) is 0 Å². The first kappa shape index (κ1) is 15.0. The van der Waals surface area contributed by atoms with Gasteiger partial charge in [-0.15, -0.1) is 0 Å². The normalized spacial score (nSPS) is 18.1. The SMILES string of the molecule is Cc1cccc(C2(O)CCN(C(=O)CCO)CC2)c1C. The lowest BCUT2D eigenvalue weighted by molar-refractivity contribution is -0.136. The number of benzene rings is 1. The van der Waals surface area contributed by atoms with E-state index in [1.807, 2.05) is 32.0 Å². The average molecular weight is 277 g/mol. The van der Waals surface area contributed by atoms with Crippen LogP contribution in [0.5, 0.6) is 0 Å². The van der Waals surface area contributed by atoms with Gasteiger partial charge in [-0.05, 0) is 43.4 Å². The molecule has 1 heterocycles. The minimum absolute atomic E-state index is 0.0319. The maximum absolute atomic E-state index is 11.8. The molecule has 4 nitrogen and oxygen atoms in total. The van der Waals surface area contributed by atoms with Gasteiger partial charge in [0.1, 0.15) is 0 Å². The van der Waals surface area contributed by atoms with E-state index in [4.69, 9.17) is 5.11 Å². The maximum Gasteiger partial charge on any atom is 0.224 e. The fraction of sp³-hybridized carbons (Fsp3) is 0.562. The molecule has 0 saturated carbocycles. The summed E-state index contributed by atoms with van der Waals surface area (Å²) in [4.78, 5) is 13.5. The number of rotatable bonds is 3. The van der Waals surface area contributed by atoms with Gasteiger partial charge in [0, 0.05) is 19.5 Å². The number of aliphatic hydroxyl groups is 2. The molecule has 4 heteroatoms. The van der Waals surface area contributed by atoms with E-state index in [0.717, 1.165) is 11.1 Å². The van der Waals surface area contributed by atoms with Crippen LogP contribution >= 0.6 is 0 Å². The second-order valence-corrected chi connectivity index (χ2v) is 5.63. The molecular formula is C16H23NO3. The van der Waals surface area contributed by atoms with Crippen LogP contribution in [0.1, 0.15) is 36.0 Å². The Hall–Kier alpha value is -1.39. The van der Waals surface area contributed by atoms with Crippen LogP contribution in [-0.4, -0.2) is 40.7 Å². The molecule has 0 unspecified atom stereocenters. The molecule has 2 rings (SSSR count). The lowest BCUT2D eigenvalue weighted by Gasteiger charge is -2.39. The lowest BCUT2D eigenvalue weighted by atomic mass is 9.81. The number of aryl methyl sites for hydroxylation is 1. The van der Waals surface area contributed by atoms with E-state index < -0.39 is 5.60 Å². The molecule has 0 spiro atoms. The molecule has 1 saturated heterocycles. The number of likely N-dealkylation sites (tertiary alicyclic amines) is 1. The van der Waals surface area contributed by atoms with Gasteiger partial charge in [-0.25, -0.2) is 0 Å². The summed E-state index contributed by atoms with van der Waals surface area (Å²) >= 11 is 0. The number of carbonyl (C=O) groups is 1. The summed E-state index contributed by atoms with van der Waals surface area (Å²) in [6, 6.07) is 5.99. The fourth-order valence-corrected chi connectivity index (χ4v) is 2.90. The van der Waals surface area contributed by atoms with Gasteiger partial charge in [-0.2, -0.15) is 0 Å². The molecule has 0 aromatic heterocycles. The van der Waals surface area contributed by atoms with Gasteiger partial charge in [-0.1, -0.05) is 18.2 Å². The van der Waals surface area contributed by atoms with Gasteiger partial charge in [0.15, 0.2) is 0 Å². The van der Waals surface area contributed by atoms with Crippen molar-refractivity contribution in [2.24, 2.45) is 0 Å². The number of hydrogen-bond acceptors (Lipinski definition) is 3. The summed E-state index contributed by atoms with van der Waals surface area (Å²) in [7, 11) is 0. The van der Waals surface area contributed by atoms with E-state index in [1.54, 1.807) is 4.90 Å². The third-order valence-electron chi connectivity index (χ3n) is 4.37. The summed E-state index contributed by atoms with van der Waals surface area (Å²) in [5.74, 6) is -0.0319. The fourth-order valence-electron chi connectivity index (χ4n) is 2.90. The van der Waals surface area contributed by atoms with Crippen molar-refractivity contribution in [1.29, 1.82) is 0 Å². The molecule has 2 N–H and O–H groups in total. The van der Waals surface area contributed by atoms with Crippen LogP contribution in [-0.2, 0) is 10.4 Å². The standard InChI is InChI=1S/C16H23NO3/c1-12-4-3-5-14(13(12)2)16(20)7-9-17(10-8-16)15(19)6-11-18/h3-5,18,20H,6-11H2,1-2H3. The van der Waals surface area contributed by atoms with Gasteiger partial charge in [0.25, 0.3) is 0 Å². The van der Waals surface area contributed by atoms with Crippen molar-refractivity contribution < 1.29 is 15.0 Å². The quantitative estimate of drug-likeness (QED) is 0.880. The van der Waals surface area contributed by atoms with Crippen LogP contribution in [0, 0.1) is 13.8 Å². The predicted molar refractivity (Wildman–Crippen MR) is 77.3 cm³/mol. The Balaban J connectivity index is 2.12. The van der Waals surface area contributed by atoms with Crippen LogP contribution in [0.4, 0.5) is 0 Å². The predicted octanol–water partition coefficient (Wildman–Crippen LogP) is 1.50. The number of carbonyl (C=O) groups excluding carboxylic acids is 1. The minimum atomic E-state index is -0.841. The first-order valence-electron chi connectivity index (χ1n) is 7.15. The van der Waals surface area contributed by atoms with E-state index in [9.17, 15) is 9.90 Å². The van der Waals surface area contributed by atoms with Crippen molar-refractivity contribution in [3.05, 3.63) is 34.9 Å². The molecule has 0 radical (unpaired) electrons. The molecular weight excluding hydrogens is 254 g/mol. The van der Waals surface area contributed by atoms with Gasteiger partial charge in [0.2, 0.25) is 5.91 Å². The topological polar surface area (TPSA) is 60.8 Å². The van der Waals surface area contributed by atoms with E-state index in [-0.39, 0.29) is 18.9 Å². The summed E-state index contributed by atoms with van der Waals surface area (Å²) in [5, 5.41) is 19.7. The van der Waals surface area contributed by atoms with Crippen LogP contribution < -0.4 is 0 Å². The van der Waals surface area contributed by atoms with Gasteiger partial charge in [0.05, 0.1) is 12.2 Å². The average Bonchev–Trinajstić information content (AvgIpc) is 2.42. The molecule has 0 bridgehead atoms. The minimum Gasteiger partial charge on any atom is -0.396 e. The zero-order valence-electron chi connectivity index (χ0n) is 12.2.